The van der Waals surface area contributed by atoms with Gasteiger partial charge in [0.2, 0.25) is 11.8 Å². The van der Waals surface area contributed by atoms with E-state index >= 15 is 0 Å². The molecular weight excluding hydrogens is 350 g/mol. The van der Waals surface area contributed by atoms with Crippen LogP contribution in [0.5, 0.6) is 5.75 Å². The molecule has 0 aliphatic carbocycles. The average Bonchev–Trinajstić information content (AvgIpc) is 3.30. The lowest BCUT2D eigenvalue weighted by Crippen LogP contribution is -2.51. The predicted octanol–water partition coefficient (Wildman–Crippen LogP) is 0.908. The van der Waals surface area contributed by atoms with E-state index in [0.717, 1.165) is 0 Å². The van der Waals surface area contributed by atoms with Crippen LogP contribution in [0.4, 0.5) is 5.69 Å². The highest BCUT2D eigenvalue weighted by Gasteiger charge is 2.40. The third-order valence-electron chi connectivity index (χ3n) is 4.85. The zero-order valence-corrected chi connectivity index (χ0v) is 14.5. The Balaban J connectivity index is 1.53. The number of para-hydroxylation sites is 2. The molecule has 8 heteroatoms. The first-order valence-electron chi connectivity index (χ1n) is 8.69. The minimum absolute atomic E-state index is 0.0358. The number of carbonyl (C=O) groups excluding carboxylic acids is 3. The van der Waals surface area contributed by atoms with E-state index in [9.17, 15) is 14.4 Å². The first kappa shape index (κ1) is 17.1. The van der Waals surface area contributed by atoms with Crippen molar-refractivity contribution in [3.8, 4) is 5.75 Å². The molecule has 2 aliphatic heterocycles. The van der Waals surface area contributed by atoms with Crippen molar-refractivity contribution >= 4 is 23.4 Å². The predicted molar refractivity (Wildman–Crippen MR) is 94.6 cm³/mol. The molecule has 0 saturated carbocycles. The fraction of sp³-hybridized carbons (Fsp3) is 0.316. The molecule has 3 heterocycles. The summed E-state index contributed by atoms with van der Waals surface area (Å²) < 4.78 is 10.9. The van der Waals surface area contributed by atoms with Gasteiger partial charge in [-0.3, -0.25) is 14.4 Å². The summed E-state index contributed by atoms with van der Waals surface area (Å²) in [7, 11) is 0. The van der Waals surface area contributed by atoms with Gasteiger partial charge in [0.1, 0.15) is 11.5 Å². The highest BCUT2D eigenvalue weighted by atomic mass is 16.5. The number of rotatable bonds is 4. The standard InChI is InChI=1S/C19H19N3O5/c20-18(24)16-11-22(14-5-1-2-6-15(14)27-16)19(25)12-8-17(23)21(9-12)10-13-4-3-7-26-13/h1-7,12,16H,8-11H2,(H2,20,24). The summed E-state index contributed by atoms with van der Waals surface area (Å²) in [6.45, 7) is 0.673. The van der Waals surface area contributed by atoms with Crippen molar-refractivity contribution in [3.05, 3.63) is 48.4 Å². The van der Waals surface area contributed by atoms with E-state index in [-0.39, 0.29) is 24.8 Å². The first-order chi connectivity index (χ1) is 13.0. The van der Waals surface area contributed by atoms with Crippen LogP contribution in [-0.4, -0.2) is 41.8 Å². The van der Waals surface area contributed by atoms with Gasteiger partial charge < -0.3 is 24.7 Å². The van der Waals surface area contributed by atoms with E-state index in [1.54, 1.807) is 47.6 Å². The maximum absolute atomic E-state index is 13.1. The van der Waals surface area contributed by atoms with Crippen LogP contribution in [0.1, 0.15) is 12.2 Å². The maximum atomic E-state index is 13.1. The number of nitrogens with two attached hydrogens (primary N) is 1. The molecule has 1 aromatic carbocycles. The number of furan rings is 1. The summed E-state index contributed by atoms with van der Waals surface area (Å²) in [5.74, 6) is -0.346. The summed E-state index contributed by atoms with van der Waals surface area (Å²) in [6.07, 6.45) is 0.758. The van der Waals surface area contributed by atoms with Crippen LogP contribution < -0.4 is 15.4 Å². The van der Waals surface area contributed by atoms with Crippen LogP contribution in [-0.2, 0) is 20.9 Å². The van der Waals surface area contributed by atoms with Crippen LogP contribution in [0.3, 0.4) is 0 Å². The van der Waals surface area contributed by atoms with E-state index in [0.29, 0.717) is 30.3 Å². The fourth-order valence-corrected chi connectivity index (χ4v) is 3.49. The number of nitrogens with zero attached hydrogens (tertiary/aromatic N) is 2. The lowest BCUT2D eigenvalue weighted by molar-refractivity contribution is -0.129. The van der Waals surface area contributed by atoms with Gasteiger partial charge in [-0.05, 0) is 24.3 Å². The van der Waals surface area contributed by atoms with Gasteiger partial charge in [0.25, 0.3) is 5.91 Å². The third kappa shape index (κ3) is 3.25. The number of ether oxygens (including phenoxy) is 1. The van der Waals surface area contributed by atoms with E-state index in [1.165, 1.54) is 4.90 Å². The number of hydrogen-bond donors (Lipinski definition) is 1. The van der Waals surface area contributed by atoms with Gasteiger partial charge in [-0.15, -0.1) is 0 Å². The van der Waals surface area contributed by atoms with Crippen molar-refractivity contribution in [3.63, 3.8) is 0 Å². The van der Waals surface area contributed by atoms with Gasteiger partial charge in [-0.2, -0.15) is 0 Å². The molecule has 3 amide bonds. The summed E-state index contributed by atoms with van der Waals surface area (Å²) >= 11 is 0. The minimum atomic E-state index is -0.917. The Bertz CT molecular complexity index is 879. The Morgan fingerprint density at radius 3 is 2.70 bits per heavy atom. The molecule has 1 saturated heterocycles. The Hall–Kier alpha value is -3.29. The summed E-state index contributed by atoms with van der Waals surface area (Å²) in [6, 6.07) is 10.5. The van der Waals surface area contributed by atoms with Gasteiger partial charge >= 0.3 is 0 Å². The highest BCUT2D eigenvalue weighted by Crippen LogP contribution is 2.35. The number of carbonyl (C=O) groups is 3. The molecule has 2 atom stereocenters. The normalized spacial score (nSPS) is 21.7. The van der Waals surface area contributed by atoms with Crippen LogP contribution in [0.2, 0.25) is 0 Å². The van der Waals surface area contributed by atoms with Crippen molar-refractivity contribution in [2.75, 3.05) is 18.0 Å². The van der Waals surface area contributed by atoms with Gasteiger partial charge in [0.05, 0.1) is 31.0 Å². The Morgan fingerprint density at radius 1 is 1.15 bits per heavy atom. The smallest absolute Gasteiger partial charge is 0.260 e. The molecule has 0 radical (unpaired) electrons. The Labute approximate surface area is 155 Å². The molecule has 140 valence electrons. The van der Waals surface area contributed by atoms with Crippen molar-refractivity contribution in [2.24, 2.45) is 11.7 Å². The third-order valence-corrected chi connectivity index (χ3v) is 4.85. The van der Waals surface area contributed by atoms with Gasteiger partial charge in [0, 0.05) is 13.0 Å². The minimum Gasteiger partial charge on any atom is -0.477 e. The molecule has 4 rings (SSSR count). The molecule has 1 aromatic heterocycles. The number of hydrogen-bond acceptors (Lipinski definition) is 5. The number of benzene rings is 1. The number of likely N-dealkylation sites (tertiary alicyclic amines) is 1. The van der Waals surface area contributed by atoms with Crippen molar-refractivity contribution in [2.45, 2.75) is 19.1 Å². The maximum Gasteiger partial charge on any atom is 0.260 e. The van der Waals surface area contributed by atoms with Crippen molar-refractivity contribution in [1.82, 2.24) is 4.90 Å². The Kier molecular flexibility index (Phi) is 4.31. The van der Waals surface area contributed by atoms with Crippen molar-refractivity contribution < 1.29 is 23.5 Å². The van der Waals surface area contributed by atoms with Crippen LogP contribution in [0.15, 0.2) is 47.1 Å². The molecule has 8 nitrogen and oxygen atoms in total. The van der Waals surface area contributed by atoms with Gasteiger partial charge in [-0.1, -0.05) is 12.1 Å². The average molecular weight is 369 g/mol. The molecule has 2 unspecified atom stereocenters. The van der Waals surface area contributed by atoms with Crippen LogP contribution >= 0.6 is 0 Å². The summed E-state index contributed by atoms with van der Waals surface area (Å²) in [5, 5.41) is 0. The van der Waals surface area contributed by atoms with Gasteiger partial charge in [-0.25, -0.2) is 0 Å². The van der Waals surface area contributed by atoms with E-state index in [4.69, 9.17) is 14.9 Å². The summed E-state index contributed by atoms with van der Waals surface area (Å²) in [4.78, 5) is 40.2. The second-order valence-corrected chi connectivity index (χ2v) is 6.68. The largest absolute Gasteiger partial charge is 0.477 e. The summed E-state index contributed by atoms with van der Waals surface area (Å²) in [5.41, 5.74) is 5.97. The fourth-order valence-electron chi connectivity index (χ4n) is 3.49. The monoisotopic (exact) mass is 369 g/mol. The lowest BCUT2D eigenvalue weighted by atomic mass is 10.0. The molecular formula is C19H19N3O5. The lowest BCUT2D eigenvalue weighted by Gasteiger charge is -2.34. The second kappa shape index (κ2) is 6.79. The highest BCUT2D eigenvalue weighted by molar-refractivity contribution is 6.01. The number of fused-ring (bicyclic) bond motifs is 1. The molecule has 0 spiro atoms. The quantitative estimate of drug-likeness (QED) is 0.862. The SMILES string of the molecule is NC(=O)C1CN(C(=O)C2CC(=O)N(Cc3ccco3)C2)c2ccccc2O1. The number of primary amides is 1. The van der Waals surface area contributed by atoms with Crippen LogP contribution in [0.25, 0.3) is 0 Å². The van der Waals surface area contributed by atoms with E-state index in [1.807, 2.05) is 0 Å². The van der Waals surface area contributed by atoms with E-state index in [2.05, 4.69) is 0 Å². The molecule has 2 N–H and O–H groups in total. The molecule has 2 aliphatic rings. The second-order valence-electron chi connectivity index (χ2n) is 6.68. The number of amides is 3. The zero-order valence-electron chi connectivity index (χ0n) is 14.5. The molecule has 27 heavy (non-hydrogen) atoms. The molecule has 0 bridgehead atoms. The number of anilines is 1. The Morgan fingerprint density at radius 2 is 1.96 bits per heavy atom. The first-order valence-corrected chi connectivity index (χ1v) is 8.69. The topological polar surface area (TPSA) is 106 Å². The van der Waals surface area contributed by atoms with Gasteiger partial charge in [0.15, 0.2) is 6.10 Å². The van der Waals surface area contributed by atoms with Crippen molar-refractivity contribution in [1.29, 1.82) is 0 Å². The molecule has 1 fully saturated rings. The molecule has 2 aromatic rings. The van der Waals surface area contributed by atoms with E-state index < -0.39 is 17.9 Å². The zero-order chi connectivity index (χ0) is 19.0. The van der Waals surface area contributed by atoms with Crippen LogP contribution in [0, 0.1) is 5.92 Å².